The molecule has 0 fully saturated rings. The van der Waals surface area contributed by atoms with Crippen LogP contribution in [0.25, 0.3) is 16.4 Å². The minimum atomic E-state index is -4.82. The highest BCUT2D eigenvalue weighted by Crippen LogP contribution is 2.36. The van der Waals surface area contributed by atoms with Crippen LogP contribution < -0.4 is 4.74 Å². The normalized spacial score (nSPS) is 11.4. The second-order valence-electron chi connectivity index (χ2n) is 5.24. The van der Waals surface area contributed by atoms with E-state index in [1.165, 1.54) is 31.4 Å². The summed E-state index contributed by atoms with van der Waals surface area (Å²) in [5, 5.41) is 5.51. The minimum absolute atomic E-state index is 0.0484. The highest BCUT2D eigenvalue weighted by molar-refractivity contribution is 7.14. The second-order valence-corrected chi connectivity index (χ2v) is 6.15. The van der Waals surface area contributed by atoms with Crippen LogP contribution in [0.1, 0.15) is 23.0 Å². The van der Waals surface area contributed by atoms with Gasteiger partial charge in [-0.3, -0.25) is 0 Å². The maximum Gasteiger partial charge on any atom is 0.434 e. The number of halogens is 3. The number of hydrogen-bond donors (Lipinski definition) is 0. The molecule has 0 aromatic carbocycles. The quantitative estimate of drug-likeness (QED) is 0.604. The molecule has 3 aromatic heterocycles. The number of aromatic nitrogens is 3. The molecule has 0 aliphatic carbocycles. The molecule has 0 aliphatic heterocycles. The van der Waals surface area contributed by atoms with Crippen LogP contribution in [-0.2, 0) is 10.9 Å². The number of hydrogen-bond acceptors (Lipinski definition) is 6. The lowest BCUT2D eigenvalue weighted by Gasteiger charge is -2.12. The third-order valence-electron chi connectivity index (χ3n) is 3.57. The number of thiophene rings is 1. The lowest BCUT2D eigenvalue weighted by Crippen LogP contribution is -2.19. The molecule has 0 N–H and O–H groups in total. The van der Waals surface area contributed by atoms with E-state index < -0.39 is 23.4 Å². The summed E-state index contributed by atoms with van der Waals surface area (Å²) < 4.78 is 51.3. The van der Waals surface area contributed by atoms with Crippen LogP contribution in [-0.4, -0.2) is 34.5 Å². The molecule has 0 aliphatic rings. The predicted molar refractivity (Wildman–Crippen MR) is 92.2 cm³/mol. The van der Waals surface area contributed by atoms with Gasteiger partial charge < -0.3 is 9.47 Å². The van der Waals surface area contributed by atoms with E-state index in [-0.39, 0.29) is 12.4 Å². The van der Waals surface area contributed by atoms with Gasteiger partial charge in [0.05, 0.1) is 30.5 Å². The number of carbonyl (C=O) groups excluding carboxylic acids is 1. The first-order valence-corrected chi connectivity index (χ1v) is 8.66. The highest BCUT2D eigenvalue weighted by Gasteiger charge is 2.41. The Kier molecular flexibility index (Phi) is 5.17. The predicted octanol–water partition coefficient (Wildman–Crippen LogP) is 4.20. The lowest BCUT2D eigenvalue weighted by atomic mass is 10.2. The zero-order chi connectivity index (χ0) is 19.6. The summed E-state index contributed by atoms with van der Waals surface area (Å²) in [4.78, 5) is 16.8. The van der Waals surface area contributed by atoms with Gasteiger partial charge in [-0.05, 0) is 30.5 Å². The summed E-state index contributed by atoms with van der Waals surface area (Å²) >= 11 is 1.34. The summed E-state index contributed by atoms with van der Waals surface area (Å²) in [5.41, 5.74) is -1.46. The molecule has 142 valence electrons. The Labute approximate surface area is 156 Å². The van der Waals surface area contributed by atoms with Crippen molar-refractivity contribution in [2.45, 2.75) is 13.1 Å². The van der Waals surface area contributed by atoms with Crippen molar-refractivity contribution in [1.29, 1.82) is 0 Å². The Bertz CT molecular complexity index is 966. The van der Waals surface area contributed by atoms with Gasteiger partial charge in [0.25, 0.3) is 0 Å². The fourth-order valence-electron chi connectivity index (χ4n) is 2.47. The van der Waals surface area contributed by atoms with Crippen molar-refractivity contribution in [2.75, 3.05) is 13.7 Å². The summed E-state index contributed by atoms with van der Waals surface area (Å²) in [6.07, 6.45) is -3.99. The number of pyridine rings is 1. The van der Waals surface area contributed by atoms with E-state index >= 15 is 0 Å². The van der Waals surface area contributed by atoms with E-state index in [0.717, 1.165) is 6.20 Å². The Balaban J connectivity index is 2.12. The highest BCUT2D eigenvalue weighted by atomic mass is 32.1. The van der Waals surface area contributed by atoms with Crippen LogP contribution in [0, 0.1) is 0 Å². The van der Waals surface area contributed by atoms with E-state index in [2.05, 4.69) is 10.1 Å². The van der Waals surface area contributed by atoms with Gasteiger partial charge in [-0.15, -0.1) is 11.3 Å². The first-order valence-electron chi connectivity index (χ1n) is 7.78. The molecule has 0 bridgehead atoms. The standard InChI is InChI=1S/C17H14F3N3O3S/c1-3-26-16(24)10-9-21-23(15(10)17(18,19)20)13-6-4-5-11(22-13)14-12(25-2)7-8-27-14/h4-9H,3H2,1-2H3. The van der Waals surface area contributed by atoms with Crippen LogP contribution >= 0.6 is 11.3 Å². The molecule has 27 heavy (non-hydrogen) atoms. The summed E-state index contributed by atoms with van der Waals surface area (Å²) in [6.45, 7) is 1.46. The van der Waals surface area contributed by atoms with Gasteiger partial charge in [-0.25, -0.2) is 14.5 Å². The van der Waals surface area contributed by atoms with Gasteiger partial charge in [0, 0.05) is 0 Å². The molecule has 10 heteroatoms. The Morgan fingerprint density at radius 1 is 1.30 bits per heavy atom. The molecule has 0 amide bonds. The largest absolute Gasteiger partial charge is 0.495 e. The average molecular weight is 397 g/mol. The SMILES string of the molecule is CCOC(=O)c1cnn(-c2cccc(-c3sccc3OC)n2)c1C(F)(F)F. The number of alkyl halides is 3. The molecule has 3 heterocycles. The van der Waals surface area contributed by atoms with E-state index in [1.54, 1.807) is 23.6 Å². The molecule has 0 saturated heterocycles. The number of ether oxygens (including phenoxy) is 2. The van der Waals surface area contributed by atoms with Gasteiger partial charge in [0.2, 0.25) is 0 Å². The van der Waals surface area contributed by atoms with Gasteiger partial charge >= 0.3 is 12.1 Å². The van der Waals surface area contributed by atoms with Crippen molar-refractivity contribution in [1.82, 2.24) is 14.8 Å². The number of esters is 1. The number of nitrogens with zero attached hydrogens (tertiary/aromatic N) is 3. The molecule has 0 radical (unpaired) electrons. The molecule has 6 nitrogen and oxygen atoms in total. The average Bonchev–Trinajstić information content (AvgIpc) is 3.28. The Morgan fingerprint density at radius 2 is 2.07 bits per heavy atom. The van der Waals surface area contributed by atoms with Crippen molar-refractivity contribution in [3.63, 3.8) is 0 Å². The molecular formula is C17H14F3N3O3S. The van der Waals surface area contributed by atoms with E-state index in [9.17, 15) is 18.0 Å². The van der Waals surface area contributed by atoms with Gasteiger partial charge in [0.1, 0.15) is 11.3 Å². The van der Waals surface area contributed by atoms with Gasteiger partial charge in [-0.2, -0.15) is 18.3 Å². The molecule has 0 spiro atoms. The fraction of sp³-hybridized carbons (Fsp3) is 0.235. The third-order valence-corrected chi connectivity index (χ3v) is 4.48. The summed E-state index contributed by atoms with van der Waals surface area (Å²) in [5.74, 6) is -0.605. The maximum absolute atomic E-state index is 13.6. The second kappa shape index (κ2) is 7.39. The van der Waals surface area contributed by atoms with E-state index in [0.29, 0.717) is 21.0 Å². The van der Waals surface area contributed by atoms with Crippen molar-refractivity contribution < 1.29 is 27.4 Å². The maximum atomic E-state index is 13.6. The first kappa shape index (κ1) is 18.9. The number of methoxy groups -OCH3 is 1. The van der Waals surface area contributed by atoms with Crippen LogP contribution in [0.5, 0.6) is 5.75 Å². The zero-order valence-corrected chi connectivity index (χ0v) is 15.1. The summed E-state index contributed by atoms with van der Waals surface area (Å²) in [7, 11) is 1.50. The Hall–Kier alpha value is -2.88. The van der Waals surface area contributed by atoms with Crippen molar-refractivity contribution in [3.05, 3.63) is 47.1 Å². The molecule has 3 aromatic rings. The minimum Gasteiger partial charge on any atom is -0.495 e. The number of carbonyl (C=O) groups is 1. The fourth-order valence-corrected chi connectivity index (χ4v) is 3.30. The van der Waals surface area contributed by atoms with Crippen LogP contribution in [0.3, 0.4) is 0 Å². The molecule has 0 saturated carbocycles. The first-order chi connectivity index (χ1) is 12.9. The molecule has 0 unspecified atom stereocenters. The molecule has 3 rings (SSSR count). The van der Waals surface area contributed by atoms with Crippen molar-refractivity contribution in [3.8, 4) is 22.1 Å². The van der Waals surface area contributed by atoms with Crippen molar-refractivity contribution in [2.24, 2.45) is 0 Å². The molecular weight excluding hydrogens is 383 g/mol. The summed E-state index contributed by atoms with van der Waals surface area (Å²) in [6, 6.07) is 6.33. The lowest BCUT2D eigenvalue weighted by molar-refractivity contribution is -0.143. The van der Waals surface area contributed by atoms with Gasteiger partial charge in [0.15, 0.2) is 11.5 Å². The zero-order valence-electron chi connectivity index (χ0n) is 14.3. The smallest absolute Gasteiger partial charge is 0.434 e. The van der Waals surface area contributed by atoms with Crippen LogP contribution in [0.15, 0.2) is 35.8 Å². The topological polar surface area (TPSA) is 66.2 Å². The Morgan fingerprint density at radius 3 is 2.74 bits per heavy atom. The molecule has 0 atom stereocenters. The third kappa shape index (κ3) is 3.65. The van der Waals surface area contributed by atoms with E-state index in [1.807, 2.05) is 0 Å². The van der Waals surface area contributed by atoms with Crippen LogP contribution in [0.2, 0.25) is 0 Å². The van der Waals surface area contributed by atoms with Crippen molar-refractivity contribution >= 4 is 17.3 Å². The number of rotatable bonds is 5. The van der Waals surface area contributed by atoms with E-state index in [4.69, 9.17) is 9.47 Å². The van der Waals surface area contributed by atoms with Gasteiger partial charge in [-0.1, -0.05) is 6.07 Å². The monoisotopic (exact) mass is 397 g/mol. The van der Waals surface area contributed by atoms with Crippen LogP contribution in [0.4, 0.5) is 13.2 Å².